The van der Waals surface area contributed by atoms with Crippen LogP contribution in [0.1, 0.15) is 27.2 Å². The molecule has 0 aromatic heterocycles. The summed E-state index contributed by atoms with van der Waals surface area (Å²) >= 11 is 0. The van der Waals surface area contributed by atoms with E-state index in [1.807, 2.05) is 0 Å². The largest absolute Gasteiger partial charge is 0.417 e. The molecule has 0 aromatic carbocycles. The van der Waals surface area contributed by atoms with Gasteiger partial charge in [-0.25, -0.2) is 0 Å². The van der Waals surface area contributed by atoms with Crippen molar-refractivity contribution in [3.63, 3.8) is 0 Å². The molecule has 3 N–H and O–H groups in total. The summed E-state index contributed by atoms with van der Waals surface area (Å²) in [6, 6.07) is 0.107. The number of rotatable bonds is 9. The third kappa shape index (κ3) is 6.49. The van der Waals surface area contributed by atoms with E-state index < -0.39 is 8.32 Å². The number of nitrogens with one attached hydrogen (secondary N) is 2. The van der Waals surface area contributed by atoms with Gasteiger partial charge in [0.15, 0.2) is 8.32 Å². The smallest absolute Gasteiger partial charge is 0.191 e. The van der Waals surface area contributed by atoms with Crippen molar-refractivity contribution in [1.29, 1.82) is 0 Å². The van der Waals surface area contributed by atoms with Gasteiger partial charge in [0, 0.05) is 13.2 Å². The van der Waals surface area contributed by atoms with Gasteiger partial charge in [-0.3, -0.25) is 4.84 Å². The molecule has 1 aliphatic heterocycles. The third-order valence-electron chi connectivity index (χ3n) is 4.73. The lowest BCUT2D eigenvalue weighted by Crippen LogP contribution is -2.48. The van der Waals surface area contributed by atoms with E-state index in [-0.39, 0.29) is 23.7 Å². The summed E-state index contributed by atoms with van der Waals surface area (Å²) in [5.41, 5.74) is 4.18. The normalized spacial score (nSPS) is 22.8. The van der Waals surface area contributed by atoms with E-state index >= 15 is 0 Å². The molecular formula is C17H34N2O3Si. The molecule has 134 valence electrons. The van der Waals surface area contributed by atoms with Gasteiger partial charge in [-0.1, -0.05) is 38.5 Å². The number of aliphatic hydroxyl groups is 1. The summed E-state index contributed by atoms with van der Waals surface area (Å²) in [7, 11) is -1.73. The van der Waals surface area contributed by atoms with Gasteiger partial charge in [0.25, 0.3) is 0 Å². The second kappa shape index (κ2) is 9.10. The Morgan fingerprint density at radius 3 is 2.74 bits per heavy atom. The van der Waals surface area contributed by atoms with Crippen LogP contribution < -0.4 is 10.8 Å². The molecule has 1 rings (SSSR count). The maximum atomic E-state index is 9.55. The molecule has 0 amide bonds. The first-order valence-electron chi connectivity index (χ1n) is 8.38. The van der Waals surface area contributed by atoms with E-state index in [4.69, 9.17) is 9.26 Å². The number of aliphatic hydroxyl groups excluding tert-OH is 1. The Labute approximate surface area is 142 Å². The van der Waals surface area contributed by atoms with Crippen molar-refractivity contribution in [2.24, 2.45) is 0 Å². The Balaban J connectivity index is 2.57. The first-order chi connectivity index (χ1) is 10.7. The molecule has 0 saturated carbocycles. The number of hydrogen-bond acceptors (Lipinski definition) is 5. The quantitative estimate of drug-likeness (QED) is 0.260. The minimum atomic E-state index is -1.73. The maximum Gasteiger partial charge on any atom is 0.191 e. The molecule has 0 spiro atoms. The SMILES string of the molecule is C=CCON[C@@H]1C=C(CCO[Si](C)(C)C(C)(C)C)[C@@H](CO)NC1. The zero-order chi connectivity index (χ0) is 17.5. The highest BCUT2D eigenvalue weighted by Crippen LogP contribution is 2.36. The van der Waals surface area contributed by atoms with Crippen molar-refractivity contribution in [1.82, 2.24) is 10.8 Å². The van der Waals surface area contributed by atoms with Crippen LogP contribution in [-0.4, -0.2) is 51.9 Å². The van der Waals surface area contributed by atoms with Crippen molar-refractivity contribution >= 4 is 8.32 Å². The Morgan fingerprint density at radius 2 is 2.17 bits per heavy atom. The predicted molar refractivity (Wildman–Crippen MR) is 97.8 cm³/mol. The molecule has 1 aliphatic rings. The van der Waals surface area contributed by atoms with Crippen molar-refractivity contribution in [2.75, 3.05) is 26.4 Å². The topological polar surface area (TPSA) is 62.8 Å². The van der Waals surface area contributed by atoms with Crippen LogP contribution in [0.2, 0.25) is 18.1 Å². The molecule has 0 aromatic rings. The second-order valence-electron chi connectivity index (χ2n) is 7.57. The lowest BCUT2D eigenvalue weighted by atomic mass is 9.98. The van der Waals surface area contributed by atoms with E-state index in [0.717, 1.165) is 13.0 Å². The monoisotopic (exact) mass is 342 g/mol. The molecule has 0 saturated heterocycles. The molecule has 2 atom stereocenters. The van der Waals surface area contributed by atoms with Crippen LogP contribution in [0.4, 0.5) is 0 Å². The number of hydrogen-bond donors (Lipinski definition) is 3. The molecule has 23 heavy (non-hydrogen) atoms. The fraction of sp³-hybridized carbons (Fsp3) is 0.765. The minimum Gasteiger partial charge on any atom is -0.417 e. The van der Waals surface area contributed by atoms with Crippen LogP contribution >= 0.6 is 0 Å². The van der Waals surface area contributed by atoms with Crippen molar-refractivity contribution in [2.45, 2.75) is 57.4 Å². The summed E-state index contributed by atoms with van der Waals surface area (Å²) in [6.45, 7) is 16.9. The molecular weight excluding hydrogens is 308 g/mol. The highest BCUT2D eigenvalue weighted by Gasteiger charge is 2.37. The summed E-state index contributed by atoms with van der Waals surface area (Å²) in [4.78, 5) is 5.30. The van der Waals surface area contributed by atoms with Gasteiger partial charge in [-0.15, -0.1) is 6.58 Å². The van der Waals surface area contributed by atoms with E-state index in [1.54, 1.807) is 6.08 Å². The summed E-state index contributed by atoms with van der Waals surface area (Å²) in [6.07, 6.45) is 4.68. The van der Waals surface area contributed by atoms with Crippen LogP contribution in [-0.2, 0) is 9.26 Å². The molecule has 0 radical (unpaired) electrons. The van der Waals surface area contributed by atoms with Crippen LogP contribution in [0.3, 0.4) is 0 Å². The highest BCUT2D eigenvalue weighted by atomic mass is 28.4. The van der Waals surface area contributed by atoms with E-state index in [9.17, 15) is 5.11 Å². The van der Waals surface area contributed by atoms with Crippen molar-refractivity contribution < 1.29 is 14.4 Å². The molecule has 0 fully saturated rings. The van der Waals surface area contributed by atoms with E-state index in [2.05, 4.69) is 57.3 Å². The molecule has 0 aliphatic carbocycles. The number of hydroxylamine groups is 1. The zero-order valence-corrected chi connectivity index (χ0v) is 16.3. The molecule has 6 heteroatoms. The van der Waals surface area contributed by atoms with E-state index in [0.29, 0.717) is 13.2 Å². The predicted octanol–water partition coefficient (Wildman–Crippen LogP) is 2.36. The van der Waals surface area contributed by atoms with Gasteiger partial charge in [0.2, 0.25) is 0 Å². The fourth-order valence-electron chi connectivity index (χ4n) is 2.20. The maximum absolute atomic E-state index is 9.55. The van der Waals surface area contributed by atoms with Crippen LogP contribution in [0.25, 0.3) is 0 Å². The van der Waals surface area contributed by atoms with Gasteiger partial charge >= 0.3 is 0 Å². The summed E-state index contributed by atoms with van der Waals surface area (Å²) < 4.78 is 6.25. The minimum absolute atomic E-state index is 0.00969. The molecule has 0 unspecified atom stereocenters. The van der Waals surface area contributed by atoms with Crippen LogP contribution in [0.15, 0.2) is 24.3 Å². The highest BCUT2D eigenvalue weighted by molar-refractivity contribution is 6.74. The van der Waals surface area contributed by atoms with Crippen molar-refractivity contribution in [3.8, 4) is 0 Å². The fourth-order valence-corrected chi connectivity index (χ4v) is 3.25. The van der Waals surface area contributed by atoms with Crippen molar-refractivity contribution in [3.05, 3.63) is 24.3 Å². The summed E-state index contributed by atoms with van der Waals surface area (Å²) in [5.74, 6) is 0. The van der Waals surface area contributed by atoms with Gasteiger partial charge in [0.05, 0.1) is 25.3 Å². The average Bonchev–Trinajstić information content (AvgIpc) is 2.46. The Morgan fingerprint density at radius 1 is 1.48 bits per heavy atom. The van der Waals surface area contributed by atoms with E-state index in [1.165, 1.54) is 5.57 Å². The van der Waals surface area contributed by atoms with Crippen LogP contribution in [0.5, 0.6) is 0 Å². The van der Waals surface area contributed by atoms with Gasteiger partial charge < -0.3 is 14.8 Å². The molecule has 5 nitrogen and oxygen atoms in total. The lowest BCUT2D eigenvalue weighted by Gasteiger charge is -2.37. The van der Waals surface area contributed by atoms with Crippen LogP contribution in [0, 0.1) is 0 Å². The standard InChI is InChI=1S/C17H34N2O3Si/c1-7-9-21-19-15-11-14(16(13-20)18-12-15)8-10-22-23(5,6)17(2,3)4/h7,11,15-16,18-20H,1,8-10,12-13H2,2-6H3/t15-,16-/m1/s1. The van der Waals surface area contributed by atoms with Gasteiger partial charge in [0.1, 0.15) is 0 Å². The van der Waals surface area contributed by atoms with Gasteiger partial charge in [-0.05, 0) is 24.6 Å². The first kappa shape index (κ1) is 20.5. The van der Waals surface area contributed by atoms with Gasteiger partial charge in [-0.2, -0.15) is 5.48 Å². The first-order valence-corrected chi connectivity index (χ1v) is 11.3. The molecule has 0 bridgehead atoms. The second-order valence-corrected chi connectivity index (χ2v) is 12.4. The Kier molecular flexibility index (Phi) is 8.13. The average molecular weight is 343 g/mol. The zero-order valence-electron chi connectivity index (χ0n) is 15.3. The lowest BCUT2D eigenvalue weighted by molar-refractivity contribution is 0.0432. The summed E-state index contributed by atoms with van der Waals surface area (Å²) in [5, 5.41) is 13.1. The third-order valence-corrected chi connectivity index (χ3v) is 9.26. The molecule has 1 heterocycles. The Hall–Kier alpha value is -0.503. The Bertz CT molecular complexity index is 405.